The average Bonchev–Trinajstić information content (AvgIpc) is 2.78. The molecule has 1 atom stereocenters. The highest BCUT2D eigenvalue weighted by atomic mass is 19.4. The summed E-state index contributed by atoms with van der Waals surface area (Å²) >= 11 is 0. The first-order chi connectivity index (χ1) is 14.8. The molecule has 1 unspecified atom stereocenters. The van der Waals surface area contributed by atoms with E-state index in [1.807, 2.05) is 25.1 Å². The van der Waals surface area contributed by atoms with E-state index in [0.29, 0.717) is 35.2 Å². The van der Waals surface area contributed by atoms with Crippen molar-refractivity contribution in [3.63, 3.8) is 0 Å². The predicted octanol–water partition coefficient (Wildman–Crippen LogP) is 6.84. The van der Waals surface area contributed by atoms with Crippen LogP contribution in [0.25, 0.3) is 0 Å². The Bertz CT molecular complexity index is 993. The van der Waals surface area contributed by atoms with E-state index in [0.717, 1.165) is 30.3 Å². The molecule has 3 nitrogen and oxygen atoms in total. The number of hydrogen-bond donors (Lipinski definition) is 0. The maximum atomic E-state index is 13.7. The monoisotopic (exact) mass is 429 g/mol. The summed E-state index contributed by atoms with van der Waals surface area (Å²) in [6.45, 7) is 3.66. The predicted molar refractivity (Wildman–Crippen MR) is 115 cm³/mol. The molecule has 2 aromatic rings. The van der Waals surface area contributed by atoms with Crippen LogP contribution in [-0.4, -0.2) is 12.0 Å². The lowest BCUT2D eigenvalue weighted by Crippen LogP contribution is -2.14. The van der Waals surface area contributed by atoms with E-state index >= 15 is 0 Å². The molecule has 0 fully saturated rings. The van der Waals surface area contributed by atoms with Gasteiger partial charge in [0.15, 0.2) is 0 Å². The van der Waals surface area contributed by atoms with Crippen molar-refractivity contribution in [1.82, 2.24) is 0 Å². The summed E-state index contributed by atoms with van der Waals surface area (Å²) in [5.74, 6) is -0.112. The third-order valence-corrected chi connectivity index (χ3v) is 5.63. The largest absolute Gasteiger partial charge is 0.416 e. The summed E-state index contributed by atoms with van der Waals surface area (Å²) in [5, 5.41) is 4.06. The quantitative estimate of drug-likeness (QED) is 0.209. The molecule has 0 heterocycles. The van der Waals surface area contributed by atoms with Gasteiger partial charge in [-0.2, -0.15) is 13.2 Å². The molecule has 2 aromatic carbocycles. The van der Waals surface area contributed by atoms with Gasteiger partial charge in [-0.25, -0.2) is 0 Å². The van der Waals surface area contributed by atoms with E-state index in [-0.39, 0.29) is 12.5 Å². The van der Waals surface area contributed by atoms with Crippen LogP contribution in [0.1, 0.15) is 77.2 Å². The van der Waals surface area contributed by atoms with Crippen LogP contribution in [0.2, 0.25) is 0 Å². The van der Waals surface area contributed by atoms with Crippen molar-refractivity contribution in [2.24, 2.45) is 5.16 Å². The molecule has 0 bridgehead atoms. The number of halogens is 3. The minimum Gasteiger partial charge on any atom is -0.391 e. The summed E-state index contributed by atoms with van der Waals surface area (Å²) in [4.78, 5) is 16.4. The van der Waals surface area contributed by atoms with Crippen LogP contribution in [0.4, 0.5) is 13.2 Å². The summed E-state index contributed by atoms with van der Waals surface area (Å²) in [7, 11) is 0. The van der Waals surface area contributed by atoms with Crippen molar-refractivity contribution >= 4 is 12.0 Å². The van der Waals surface area contributed by atoms with Crippen molar-refractivity contribution in [2.45, 2.75) is 58.2 Å². The summed E-state index contributed by atoms with van der Waals surface area (Å²) < 4.78 is 41.0. The SMILES string of the molecule is CCc1cc(/C(C)=N\OCc2ccc(C3CC=CCC3)c(C(F)(F)F)c2)ccc1C=O. The van der Waals surface area contributed by atoms with Gasteiger partial charge in [0.2, 0.25) is 0 Å². The number of nitrogens with zero attached hydrogens (tertiary/aromatic N) is 1. The van der Waals surface area contributed by atoms with Gasteiger partial charge < -0.3 is 4.84 Å². The van der Waals surface area contributed by atoms with Crippen molar-refractivity contribution < 1.29 is 22.8 Å². The van der Waals surface area contributed by atoms with E-state index < -0.39 is 11.7 Å². The number of benzene rings is 2. The Morgan fingerprint density at radius 3 is 2.65 bits per heavy atom. The van der Waals surface area contributed by atoms with Gasteiger partial charge in [0.25, 0.3) is 0 Å². The van der Waals surface area contributed by atoms with Gasteiger partial charge in [0, 0.05) is 5.56 Å². The highest BCUT2D eigenvalue weighted by Gasteiger charge is 2.35. The minimum atomic E-state index is -4.41. The third kappa shape index (κ3) is 5.63. The van der Waals surface area contributed by atoms with Crippen LogP contribution < -0.4 is 0 Å². The summed E-state index contributed by atoms with van der Waals surface area (Å²) in [6.07, 6.45) is 3.23. The summed E-state index contributed by atoms with van der Waals surface area (Å²) in [6, 6.07) is 9.82. The van der Waals surface area contributed by atoms with Gasteiger partial charge >= 0.3 is 6.18 Å². The number of allylic oxidation sites excluding steroid dienone is 2. The molecule has 0 radical (unpaired) electrons. The zero-order valence-electron chi connectivity index (χ0n) is 17.7. The normalized spacial score (nSPS) is 16.9. The maximum absolute atomic E-state index is 13.7. The number of aryl methyl sites for hydroxylation is 1. The zero-order chi connectivity index (χ0) is 22.4. The summed E-state index contributed by atoms with van der Waals surface area (Å²) in [5.41, 5.74) is 3.12. The average molecular weight is 429 g/mol. The molecule has 6 heteroatoms. The fraction of sp³-hybridized carbons (Fsp3) is 0.360. The van der Waals surface area contributed by atoms with Crippen molar-refractivity contribution in [3.8, 4) is 0 Å². The van der Waals surface area contributed by atoms with E-state index in [2.05, 4.69) is 5.16 Å². The van der Waals surface area contributed by atoms with Crippen LogP contribution >= 0.6 is 0 Å². The molecule has 164 valence electrons. The van der Waals surface area contributed by atoms with Crippen LogP contribution in [0.3, 0.4) is 0 Å². The molecular formula is C25H26F3NO2. The molecule has 0 spiro atoms. The zero-order valence-corrected chi connectivity index (χ0v) is 17.7. The first-order valence-corrected chi connectivity index (χ1v) is 10.4. The van der Waals surface area contributed by atoms with Crippen molar-refractivity contribution in [3.05, 3.63) is 81.9 Å². The Morgan fingerprint density at radius 2 is 2.00 bits per heavy atom. The molecule has 1 aliphatic carbocycles. The second-order valence-corrected chi connectivity index (χ2v) is 7.74. The molecule has 1 aliphatic rings. The highest BCUT2D eigenvalue weighted by molar-refractivity contribution is 5.99. The fourth-order valence-electron chi connectivity index (χ4n) is 3.88. The molecular weight excluding hydrogens is 403 g/mol. The van der Waals surface area contributed by atoms with Gasteiger partial charge in [0.05, 0.1) is 11.3 Å². The Labute approximate surface area is 180 Å². The lowest BCUT2D eigenvalue weighted by Gasteiger charge is -2.23. The fourth-order valence-corrected chi connectivity index (χ4v) is 3.88. The topological polar surface area (TPSA) is 38.7 Å². The number of aldehydes is 1. The molecule has 0 amide bonds. The maximum Gasteiger partial charge on any atom is 0.416 e. The molecule has 0 saturated carbocycles. The van der Waals surface area contributed by atoms with E-state index in [4.69, 9.17) is 4.84 Å². The lowest BCUT2D eigenvalue weighted by atomic mass is 9.84. The van der Waals surface area contributed by atoms with Crippen LogP contribution in [0.5, 0.6) is 0 Å². The van der Waals surface area contributed by atoms with Crippen molar-refractivity contribution in [1.29, 1.82) is 0 Å². The minimum absolute atomic E-state index is 0.0572. The lowest BCUT2D eigenvalue weighted by molar-refractivity contribution is -0.138. The molecule has 3 rings (SSSR count). The van der Waals surface area contributed by atoms with Gasteiger partial charge in [-0.3, -0.25) is 4.79 Å². The second kappa shape index (κ2) is 9.94. The Balaban J connectivity index is 1.75. The van der Waals surface area contributed by atoms with Crippen LogP contribution in [-0.2, 0) is 24.0 Å². The first-order valence-electron chi connectivity index (χ1n) is 10.4. The Kier molecular flexibility index (Phi) is 7.31. The van der Waals surface area contributed by atoms with Gasteiger partial charge in [-0.05, 0) is 72.9 Å². The molecule has 0 aromatic heterocycles. The van der Waals surface area contributed by atoms with E-state index in [9.17, 15) is 18.0 Å². The smallest absolute Gasteiger partial charge is 0.391 e. The van der Waals surface area contributed by atoms with E-state index in [1.165, 1.54) is 6.07 Å². The second-order valence-electron chi connectivity index (χ2n) is 7.74. The number of oxime groups is 1. The first kappa shape index (κ1) is 22.8. The van der Waals surface area contributed by atoms with Crippen LogP contribution in [0.15, 0.2) is 53.7 Å². The molecule has 0 N–H and O–H groups in total. The van der Waals surface area contributed by atoms with Crippen molar-refractivity contribution in [2.75, 3.05) is 0 Å². The number of alkyl halides is 3. The molecule has 0 aliphatic heterocycles. The number of carbonyl (C=O) groups is 1. The highest BCUT2D eigenvalue weighted by Crippen LogP contribution is 2.39. The number of rotatable bonds is 7. The van der Waals surface area contributed by atoms with Gasteiger partial charge in [-0.1, -0.05) is 48.5 Å². The Morgan fingerprint density at radius 1 is 1.19 bits per heavy atom. The number of carbonyl (C=O) groups excluding carboxylic acids is 1. The standard InChI is InChI=1S/C25H26F3NO2/c1-3-19-14-21(10-11-22(19)15-30)17(2)29-31-16-18-9-12-23(20-7-5-4-6-8-20)24(13-18)25(26,27)28/h4-5,9-15,20H,3,6-8,16H2,1-2H3/b29-17-. The van der Waals surface area contributed by atoms with Crippen LogP contribution in [0, 0.1) is 0 Å². The third-order valence-electron chi connectivity index (χ3n) is 5.63. The van der Waals surface area contributed by atoms with Gasteiger partial charge in [0.1, 0.15) is 12.9 Å². The number of hydrogen-bond acceptors (Lipinski definition) is 3. The van der Waals surface area contributed by atoms with Gasteiger partial charge in [-0.15, -0.1) is 0 Å². The molecule has 31 heavy (non-hydrogen) atoms. The molecule has 0 saturated heterocycles. The Hall–Kier alpha value is -2.89. The van der Waals surface area contributed by atoms with E-state index in [1.54, 1.807) is 31.2 Å².